The minimum atomic E-state index is -0.257. The standard InChI is InChI=1S/C15H14N4O/c1-19-14(16)12(9-17-19)15(20)18-13-8-4-6-10-5-2-3-7-11(10)13/h2-9H,16H2,1H3,(H,18,20). The number of rotatable bonds is 2. The van der Waals surface area contributed by atoms with Crippen molar-refractivity contribution in [3.8, 4) is 0 Å². The van der Waals surface area contributed by atoms with E-state index in [1.807, 2.05) is 42.5 Å². The molecule has 0 saturated carbocycles. The monoisotopic (exact) mass is 266 g/mol. The molecule has 5 heteroatoms. The van der Waals surface area contributed by atoms with E-state index < -0.39 is 0 Å². The molecule has 1 heterocycles. The summed E-state index contributed by atoms with van der Waals surface area (Å²) in [6, 6.07) is 13.7. The Kier molecular flexibility index (Phi) is 2.87. The predicted molar refractivity (Wildman–Crippen MR) is 79.5 cm³/mol. The number of nitrogens with two attached hydrogens (primary N) is 1. The number of anilines is 2. The second-order valence-corrected chi connectivity index (χ2v) is 4.55. The highest BCUT2D eigenvalue weighted by Gasteiger charge is 2.14. The van der Waals surface area contributed by atoms with E-state index in [1.165, 1.54) is 10.9 Å². The molecule has 0 aliphatic carbocycles. The summed E-state index contributed by atoms with van der Waals surface area (Å²) in [5.41, 5.74) is 6.95. The van der Waals surface area contributed by atoms with Crippen molar-refractivity contribution < 1.29 is 4.79 Å². The highest BCUT2D eigenvalue weighted by Crippen LogP contribution is 2.24. The third kappa shape index (κ3) is 1.99. The van der Waals surface area contributed by atoms with Gasteiger partial charge in [-0.1, -0.05) is 36.4 Å². The van der Waals surface area contributed by atoms with Crippen LogP contribution < -0.4 is 11.1 Å². The molecule has 0 saturated heterocycles. The van der Waals surface area contributed by atoms with Crippen molar-refractivity contribution in [2.24, 2.45) is 7.05 Å². The number of aryl methyl sites for hydroxylation is 1. The lowest BCUT2D eigenvalue weighted by Crippen LogP contribution is -2.14. The molecule has 0 unspecified atom stereocenters. The van der Waals surface area contributed by atoms with Gasteiger partial charge >= 0.3 is 0 Å². The second-order valence-electron chi connectivity index (χ2n) is 4.55. The Hall–Kier alpha value is -2.82. The number of amides is 1. The number of fused-ring (bicyclic) bond motifs is 1. The van der Waals surface area contributed by atoms with Crippen LogP contribution in [0.15, 0.2) is 48.7 Å². The minimum Gasteiger partial charge on any atom is -0.383 e. The van der Waals surface area contributed by atoms with E-state index in [0.717, 1.165) is 16.5 Å². The van der Waals surface area contributed by atoms with E-state index in [2.05, 4.69) is 10.4 Å². The molecule has 0 radical (unpaired) electrons. The molecule has 0 aliphatic rings. The van der Waals surface area contributed by atoms with Gasteiger partial charge in [-0.25, -0.2) is 0 Å². The average molecular weight is 266 g/mol. The number of carbonyl (C=O) groups excluding carboxylic acids is 1. The van der Waals surface area contributed by atoms with Crippen LogP contribution in [0.4, 0.5) is 11.5 Å². The third-order valence-electron chi connectivity index (χ3n) is 3.27. The SMILES string of the molecule is Cn1ncc(C(=O)Nc2cccc3ccccc23)c1N. The molecule has 100 valence electrons. The first kappa shape index (κ1) is 12.2. The van der Waals surface area contributed by atoms with Crippen molar-refractivity contribution in [1.29, 1.82) is 0 Å². The van der Waals surface area contributed by atoms with E-state index in [0.29, 0.717) is 11.4 Å². The van der Waals surface area contributed by atoms with E-state index in [1.54, 1.807) is 7.05 Å². The molecule has 0 aliphatic heterocycles. The zero-order valence-corrected chi connectivity index (χ0v) is 11.0. The van der Waals surface area contributed by atoms with Crippen LogP contribution in [0.5, 0.6) is 0 Å². The molecule has 2 aromatic carbocycles. The van der Waals surface area contributed by atoms with E-state index in [9.17, 15) is 4.79 Å². The van der Waals surface area contributed by atoms with Crippen molar-refractivity contribution in [2.75, 3.05) is 11.1 Å². The number of nitrogen functional groups attached to an aromatic ring is 1. The molecular formula is C15H14N4O. The Morgan fingerprint density at radius 3 is 2.70 bits per heavy atom. The van der Waals surface area contributed by atoms with Crippen LogP contribution >= 0.6 is 0 Å². The van der Waals surface area contributed by atoms with Crippen molar-refractivity contribution in [3.05, 3.63) is 54.2 Å². The van der Waals surface area contributed by atoms with Gasteiger partial charge in [0.25, 0.3) is 5.91 Å². The molecule has 0 bridgehead atoms. The third-order valence-corrected chi connectivity index (χ3v) is 3.27. The summed E-state index contributed by atoms with van der Waals surface area (Å²) in [7, 11) is 1.70. The minimum absolute atomic E-state index is 0.257. The molecule has 3 aromatic rings. The van der Waals surface area contributed by atoms with Gasteiger partial charge in [0.15, 0.2) is 0 Å². The van der Waals surface area contributed by atoms with Gasteiger partial charge in [-0.15, -0.1) is 0 Å². The second kappa shape index (κ2) is 4.70. The van der Waals surface area contributed by atoms with E-state index in [-0.39, 0.29) is 5.91 Å². The zero-order valence-electron chi connectivity index (χ0n) is 11.0. The number of hydrogen-bond donors (Lipinski definition) is 2. The van der Waals surface area contributed by atoms with Gasteiger partial charge in [-0.2, -0.15) is 5.10 Å². The molecule has 3 rings (SSSR count). The van der Waals surface area contributed by atoms with Gasteiger partial charge in [0.1, 0.15) is 11.4 Å². The largest absolute Gasteiger partial charge is 0.383 e. The highest BCUT2D eigenvalue weighted by atomic mass is 16.1. The Bertz CT molecular complexity index is 786. The Morgan fingerprint density at radius 1 is 1.20 bits per heavy atom. The number of carbonyl (C=O) groups is 1. The van der Waals surface area contributed by atoms with Crippen molar-refractivity contribution in [1.82, 2.24) is 9.78 Å². The zero-order chi connectivity index (χ0) is 14.1. The topological polar surface area (TPSA) is 72.9 Å². The summed E-state index contributed by atoms with van der Waals surface area (Å²) in [6.07, 6.45) is 1.47. The van der Waals surface area contributed by atoms with Crippen LogP contribution in [-0.2, 0) is 7.05 Å². The fourth-order valence-corrected chi connectivity index (χ4v) is 2.15. The molecule has 5 nitrogen and oxygen atoms in total. The first-order valence-corrected chi connectivity index (χ1v) is 6.23. The Labute approximate surface area is 116 Å². The lowest BCUT2D eigenvalue weighted by Gasteiger charge is -2.08. The quantitative estimate of drug-likeness (QED) is 0.748. The van der Waals surface area contributed by atoms with Crippen molar-refractivity contribution in [2.45, 2.75) is 0 Å². The van der Waals surface area contributed by atoms with Crippen LogP contribution in [0.2, 0.25) is 0 Å². The number of benzene rings is 2. The summed E-state index contributed by atoms with van der Waals surface area (Å²) in [6.45, 7) is 0. The molecular weight excluding hydrogens is 252 g/mol. The predicted octanol–water partition coefficient (Wildman–Crippen LogP) is 2.41. The average Bonchev–Trinajstić information content (AvgIpc) is 2.79. The Balaban J connectivity index is 1.97. The number of nitrogens with one attached hydrogen (secondary N) is 1. The number of hydrogen-bond acceptors (Lipinski definition) is 3. The highest BCUT2D eigenvalue weighted by molar-refractivity contribution is 6.11. The van der Waals surface area contributed by atoms with Crippen LogP contribution in [-0.4, -0.2) is 15.7 Å². The Morgan fingerprint density at radius 2 is 1.95 bits per heavy atom. The molecule has 0 atom stereocenters. The summed E-state index contributed by atoms with van der Waals surface area (Å²) in [5, 5.41) is 8.92. The van der Waals surface area contributed by atoms with Gasteiger partial charge in [0, 0.05) is 18.1 Å². The summed E-state index contributed by atoms with van der Waals surface area (Å²) in [4.78, 5) is 12.2. The van der Waals surface area contributed by atoms with Crippen LogP contribution in [0.1, 0.15) is 10.4 Å². The van der Waals surface area contributed by atoms with Crippen molar-refractivity contribution in [3.63, 3.8) is 0 Å². The van der Waals surface area contributed by atoms with Crippen LogP contribution in [0, 0.1) is 0 Å². The maximum atomic E-state index is 12.2. The summed E-state index contributed by atoms with van der Waals surface area (Å²) < 4.78 is 1.47. The van der Waals surface area contributed by atoms with Gasteiger partial charge in [-0.3, -0.25) is 9.48 Å². The smallest absolute Gasteiger partial charge is 0.261 e. The first-order chi connectivity index (χ1) is 9.66. The lowest BCUT2D eigenvalue weighted by molar-refractivity contribution is 0.102. The molecule has 20 heavy (non-hydrogen) atoms. The van der Waals surface area contributed by atoms with E-state index in [4.69, 9.17) is 5.73 Å². The maximum absolute atomic E-state index is 12.2. The van der Waals surface area contributed by atoms with Crippen LogP contribution in [0.3, 0.4) is 0 Å². The van der Waals surface area contributed by atoms with E-state index >= 15 is 0 Å². The molecule has 0 spiro atoms. The first-order valence-electron chi connectivity index (χ1n) is 6.23. The normalized spacial score (nSPS) is 10.7. The number of aromatic nitrogens is 2. The van der Waals surface area contributed by atoms with Crippen LogP contribution in [0.25, 0.3) is 10.8 Å². The fraction of sp³-hybridized carbons (Fsp3) is 0.0667. The van der Waals surface area contributed by atoms with Gasteiger partial charge in [0.2, 0.25) is 0 Å². The molecule has 1 amide bonds. The van der Waals surface area contributed by atoms with Gasteiger partial charge < -0.3 is 11.1 Å². The summed E-state index contributed by atoms with van der Waals surface area (Å²) >= 11 is 0. The molecule has 3 N–H and O–H groups in total. The summed E-state index contributed by atoms with van der Waals surface area (Å²) in [5.74, 6) is 0.0923. The fourth-order valence-electron chi connectivity index (χ4n) is 2.15. The molecule has 1 aromatic heterocycles. The maximum Gasteiger partial charge on any atom is 0.261 e. The van der Waals surface area contributed by atoms with Crippen molar-refractivity contribution >= 4 is 28.2 Å². The number of nitrogens with zero attached hydrogens (tertiary/aromatic N) is 2. The lowest BCUT2D eigenvalue weighted by atomic mass is 10.1. The van der Waals surface area contributed by atoms with Gasteiger partial charge in [-0.05, 0) is 11.5 Å². The molecule has 0 fully saturated rings. The van der Waals surface area contributed by atoms with Gasteiger partial charge in [0.05, 0.1) is 6.20 Å².